The van der Waals surface area contributed by atoms with Gasteiger partial charge in [-0.2, -0.15) is 0 Å². The Hall–Kier alpha value is -2.22. The predicted octanol–water partition coefficient (Wildman–Crippen LogP) is 1.16. The van der Waals surface area contributed by atoms with Gasteiger partial charge in [-0.3, -0.25) is 9.59 Å². The molecule has 0 N–H and O–H groups in total. The summed E-state index contributed by atoms with van der Waals surface area (Å²) in [5, 5.41) is 7.74. The van der Waals surface area contributed by atoms with Crippen LogP contribution in [0.15, 0.2) is 16.6 Å². The molecule has 0 aromatic carbocycles. The number of hydrogen-bond acceptors (Lipinski definition) is 6. The number of nitrogens with zero attached hydrogens (tertiary/aromatic N) is 4. The van der Waals surface area contributed by atoms with E-state index in [0.717, 1.165) is 0 Å². The molecule has 2 amide bonds. The zero-order valence-corrected chi connectivity index (χ0v) is 16.4. The Morgan fingerprint density at radius 3 is 2.78 bits per heavy atom. The van der Waals surface area contributed by atoms with E-state index < -0.39 is 17.4 Å². The van der Waals surface area contributed by atoms with Crippen molar-refractivity contribution in [2.75, 3.05) is 20.1 Å². The van der Waals surface area contributed by atoms with Gasteiger partial charge in [0, 0.05) is 20.5 Å². The lowest BCUT2D eigenvalue weighted by Gasteiger charge is -2.29. The molecule has 2 fully saturated rings. The lowest BCUT2D eigenvalue weighted by molar-refractivity contribution is -0.143. The van der Waals surface area contributed by atoms with E-state index in [-0.39, 0.29) is 29.9 Å². The fourth-order valence-electron chi connectivity index (χ4n) is 4.50. The van der Waals surface area contributed by atoms with Gasteiger partial charge in [0.05, 0.1) is 31.0 Å². The maximum absolute atomic E-state index is 13.2. The Bertz CT molecular complexity index is 811. The zero-order valence-electron chi connectivity index (χ0n) is 16.4. The number of rotatable bonds is 4. The van der Waals surface area contributed by atoms with Crippen molar-refractivity contribution in [2.24, 2.45) is 17.3 Å². The number of carbonyl (C=O) groups excluding carboxylic acids is 2. The van der Waals surface area contributed by atoms with Crippen LogP contribution in [-0.4, -0.2) is 63.7 Å². The number of amides is 2. The third-order valence-corrected chi connectivity index (χ3v) is 5.45. The molecule has 8 heteroatoms. The van der Waals surface area contributed by atoms with Crippen LogP contribution >= 0.6 is 0 Å². The second-order valence-corrected chi connectivity index (χ2v) is 9.06. The second kappa shape index (κ2) is 5.89. The van der Waals surface area contributed by atoms with Gasteiger partial charge >= 0.3 is 0 Å². The number of aromatic nitrogens is 2. The van der Waals surface area contributed by atoms with Crippen LogP contribution in [-0.2, 0) is 20.9 Å². The molecule has 3 aliphatic heterocycles. The van der Waals surface area contributed by atoms with Crippen LogP contribution in [0.2, 0.25) is 0 Å². The van der Waals surface area contributed by atoms with E-state index in [9.17, 15) is 9.59 Å². The third kappa shape index (κ3) is 2.96. The highest BCUT2D eigenvalue weighted by Gasteiger charge is 2.67. The molecule has 3 aliphatic rings. The Kier molecular flexibility index (Phi) is 3.96. The number of hydrogen-bond donors (Lipinski definition) is 0. The van der Waals surface area contributed by atoms with E-state index in [1.165, 1.54) is 0 Å². The van der Waals surface area contributed by atoms with Crippen molar-refractivity contribution >= 4 is 11.8 Å². The van der Waals surface area contributed by atoms with Crippen LogP contribution in [0.5, 0.6) is 0 Å². The van der Waals surface area contributed by atoms with Crippen molar-refractivity contribution in [2.45, 2.75) is 45.9 Å². The summed E-state index contributed by atoms with van der Waals surface area (Å²) in [4.78, 5) is 29.7. The largest absolute Gasteiger partial charge is 0.424 e. The Labute approximate surface area is 158 Å². The smallest absolute Gasteiger partial charge is 0.235 e. The number of fused-ring (bicyclic) bond motifs is 1. The van der Waals surface area contributed by atoms with E-state index in [0.29, 0.717) is 24.9 Å². The minimum Gasteiger partial charge on any atom is -0.424 e. The van der Waals surface area contributed by atoms with Crippen LogP contribution in [0.4, 0.5) is 0 Å². The standard InChI is InChI=1S/C19H26N4O4/c1-11-20-21-13(26-11)8-22(5)16(24)14-12-6-7-19(27-12)10-23(9-18(2,3)4)17(25)15(14)19/h6-7,12,14-15H,8-10H2,1-5H3/t12-,14+,15-,19-/m0/s1. The first-order valence-electron chi connectivity index (χ1n) is 9.30. The topological polar surface area (TPSA) is 88.8 Å². The van der Waals surface area contributed by atoms with Gasteiger partial charge in [0.1, 0.15) is 5.60 Å². The molecule has 8 nitrogen and oxygen atoms in total. The van der Waals surface area contributed by atoms with Gasteiger partial charge in [0.15, 0.2) is 0 Å². The van der Waals surface area contributed by atoms with Crippen molar-refractivity contribution in [3.05, 3.63) is 23.9 Å². The first kappa shape index (κ1) is 18.2. The predicted molar refractivity (Wildman–Crippen MR) is 95.3 cm³/mol. The second-order valence-electron chi connectivity index (χ2n) is 9.06. The molecule has 0 saturated carbocycles. The zero-order chi connectivity index (χ0) is 19.6. The van der Waals surface area contributed by atoms with Gasteiger partial charge < -0.3 is 19.0 Å². The molecular weight excluding hydrogens is 348 g/mol. The van der Waals surface area contributed by atoms with Gasteiger partial charge in [0.25, 0.3) is 0 Å². The Morgan fingerprint density at radius 2 is 2.15 bits per heavy atom. The van der Waals surface area contributed by atoms with Gasteiger partial charge in [-0.25, -0.2) is 0 Å². The molecule has 2 bridgehead atoms. The molecule has 4 atom stereocenters. The van der Waals surface area contributed by atoms with Crippen molar-refractivity contribution in [1.29, 1.82) is 0 Å². The average molecular weight is 374 g/mol. The maximum Gasteiger partial charge on any atom is 0.235 e. The minimum atomic E-state index is -0.671. The van der Waals surface area contributed by atoms with E-state index in [1.807, 2.05) is 17.1 Å². The first-order valence-corrected chi connectivity index (χ1v) is 9.30. The van der Waals surface area contributed by atoms with Gasteiger partial charge in [0.2, 0.25) is 23.6 Å². The van der Waals surface area contributed by atoms with Crippen molar-refractivity contribution in [1.82, 2.24) is 20.0 Å². The number of carbonyl (C=O) groups is 2. The minimum absolute atomic E-state index is 0.0113. The van der Waals surface area contributed by atoms with Gasteiger partial charge in [-0.15, -0.1) is 10.2 Å². The third-order valence-electron chi connectivity index (χ3n) is 5.45. The highest BCUT2D eigenvalue weighted by atomic mass is 16.5. The molecule has 4 heterocycles. The lowest BCUT2D eigenvalue weighted by atomic mass is 9.76. The summed E-state index contributed by atoms with van der Waals surface area (Å²) in [6.45, 7) is 9.37. The molecular formula is C19H26N4O4. The lowest BCUT2D eigenvalue weighted by Crippen LogP contribution is -2.45. The fourth-order valence-corrected chi connectivity index (χ4v) is 4.50. The van der Waals surface area contributed by atoms with Crippen LogP contribution in [0.3, 0.4) is 0 Å². The summed E-state index contributed by atoms with van der Waals surface area (Å²) in [6, 6.07) is 0. The number of aryl methyl sites for hydroxylation is 1. The molecule has 4 rings (SSSR count). The van der Waals surface area contributed by atoms with Crippen molar-refractivity contribution in [3.63, 3.8) is 0 Å². The SMILES string of the molecule is Cc1nnc(CN(C)C(=O)[C@@H]2[C@@H]3C=C[C@@]4(CN(CC(C)(C)C)C(=O)[C@H]24)O3)o1. The monoisotopic (exact) mass is 374 g/mol. The molecule has 27 heavy (non-hydrogen) atoms. The summed E-state index contributed by atoms with van der Waals surface area (Å²) >= 11 is 0. The summed E-state index contributed by atoms with van der Waals surface area (Å²) in [5.74, 6) is -0.254. The van der Waals surface area contributed by atoms with Crippen LogP contribution in [0, 0.1) is 24.2 Å². The molecule has 0 radical (unpaired) electrons. The van der Waals surface area contributed by atoms with E-state index in [4.69, 9.17) is 9.15 Å². The Balaban J connectivity index is 1.54. The normalized spacial score (nSPS) is 31.7. The molecule has 0 unspecified atom stereocenters. The summed E-state index contributed by atoms with van der Waals surface area (Å²) in [7, 11) is 1.69. The molecule has 1 aromatic rings. The summed E-state index contributed by atoms with van der Waals surface area (Å²) < 4.78 is 11.5. The number of likely N-dealkylation sites (tertiary alicyclic amines) is 1. The van der Waals surface area contributed by atoms with Crippen LogP contribution in [0.25, 0.3) is 0 Å². The first-order chi connectivity index (χ1) is 12.6. The quantitative estimate of drug-likeness (QED) is 0.735. The highest BCUT2D eigenvalue weighted by molar-refractivity contribution is 5.93. The van der Waals surface area contributed by atoms with E-state index in [2.05, 4.69) is 31.0 Å². The maximum atomic E-state index is 13.2. The molecule has 1 aromatic heterocycles. The molecule has 2 saturated heterocycles. The fraction of sp³-hybridized carbons (Fsp3) is 0.684. The average Bonchev–Trinajstić information content (AvgIpc) is 3.28. The van der Waals surface area contributed by atoms with Crippen molar-refractivity contribution in [3.8, 4) is 0 Å². The summed E-state index contributed by atoms with van der Waals surface area (Å²) in [5.41, 5.74) is -0.686. The van der Waals surface area contributed by atoms with Crippen LogP contribution < -0.4 is 0 Å². The number of ether oxygens (including phenoxy) is 1. The van der Waals surface area contributed by atoms with E-state index >= 15 is 0 Å². The van der Waals surface area contributed by atoms with E-state index in [1.54, 1.807) is 18.9 Å². The highest BCUT2D eigenvalue weighted by Crippen LogP contribution is 2.52. The molecule has 146 valence electrons. The van der Waals surface area contributed by atoms with Crippen molar-refractivity contribution < 1.29 is 18.7 Å². The Morgan fingerprint density at radius 1 is 1.41 bits per heavy atom. The van der Waals surface area contributed by atoms with Crippen LogP contribution in [0.1, 0.15) is 32.6 Å². The van der Waals surface area contributed by atoms with Gasteiger partial charge in [-0.05, 0) is 5.41 Å². The molecule has 1 spiro atoms. The summed E-state index contributed by atoms with van der Waals surface area (Å²) in [6.07, 6.45) is 3.56. The molecule has 0 aliphatic carbocycles. The van der Waals surface area contributed by atoms with Gasteiger partial charge in [-0.1, -0.05) is 32.9 Å².